The summed E-state index contributed by atoms with van der Waals surface area (Å²) in [6.07, 6.45) is 3.79. The van der Waals surface area contributed by atoms with E-state index >= 15 is 0 Å². The summed E-state index contributed by atoms with van der Waals surface area (Å²) in [6.45, 7) is 0.225. The summed E-state index contributed by atoms with van der Waals surface area (Å²) in [6, 6.07) is 9.29. The molecule has 1 atom stereocenters. The zero-order chi connectivity index (χ0) is 14.0. The van der Waals surface area contributed by atoms with E-state index in [-0.39, 0.29) is 18.6 Å². The van der Waals surface area contributed by atoms with Crippen molar-refractivity contribution in [1.29, 1.82) is 0 Å². The van der Waals surface area contributed by atoms with E-state index in [0.29, 0.717) is 0 Å². The highest BCUT2D eigenvalue weighted by Gasteiger charge is 2.38. The molecule has 21 heavy (non-hydrogen) atoms. The number of carbonyl (C=O) groups is 1. The van der Waals surface area contributed by atoms with Gasteiger partial charge in [0.25, 0.3) is 0 Å². The van der Waals surface area contributed by atoms with Crippen molar-refractivity contribution >= 4 is 11.9 Å². The van der Waals surface area contributed by atoms with Gasteiger partial charge in [-0.1, -0.05) is 24.3 Å². The van der Waals surface area contributed by atoms with Crippen LogP contribution < -0.4 is 14.8 Å². The first-order valence-electron chi connectivity index (χ1n) is 6.87. The number of Topliss-reactive ketones (excluding diaryl/α,β-unsaturated/α-hetero) is 1. The molecular weight excluding hydrogens is 266 g/mol. The maximum atomic E-state index is 12.7. The van der Waals surface area contributed by atoms with Gasteiger partial charge in [-0.15, -0.1) is 0 Å². The number of hydrogen-bond donors (Lipinski definition) is 1. The van der Waals surface area contributed by atoms with Crippen molar-refractivity contribution in [3.8, 4) is 22.6 Å². The lowest BCUT2D eigenvalue weighted by molar-refractivity contribution is 0.0947. The van der Waals surface area contributed by atoms with Crippen LogP contribution in [0.15, 0.2) is 36.5 Å². The van der Waals surface area contributed by atoms with Crippen LogP contribution in [0.3, 0.4) is 0 Å². The van der Waals surface area contributed by atoms with Crippen molar-refractivity contribution in [1.82, 2.24) is 5.32 Å². The van der Waals surface area contributed by atoms with Crippen LogP contribution >= 0.6 is 0 Å². The van der Waals surface area contributed by atoms with Crippen LogP contribution in [0.4, 0.5) is 0 Å². The molecule has 0 spiro atoms. The van der Waals surface area contributed by atoms with E-state index in [1.54, 1.807) is 0 Å². The van der Waals surface area contributed by atoms with Gasteiger partial charge in [0, 0.05) is 16.7 Å². The molecular formula is C17H11NO3. The standard InChI is InChI=1S/C17H11NO3/c19-16-11-4-2-1-3-10(11)14-13-9(5-6-18-15(13)16)7-12-17(14)21-8-20-12/h1-7,15,18H,8H2. The van der Waals surface area contributed by atoms with Gasteiger partial charge in [-0.2, -0.15) is 0 Å². The molecule has 5 rings (SSSR count). The second-order valence-electron chi connectivity index (χ2n) is 5.33. The van der Waals surface area contributed by atoms with Gasteiger partial charge in [0.05, 0.1) is 0 Å². The molecule has 1 unspecified atom stereocenters. The highest BCUT2D eigenvalue weighted by atomic mass is 16.7. The van der Waals surface area contributed by atoms with Crippen LogP contribution in [0.25, 0.3) is 17.2 Å². The number of carbonyl (C=O) groups excluding carboxylic acids is 1. The summed E-state index contributed by atoms with van der Waals surface area (Å²) >= 11 is 0. The molecule has 1 aliphatic carbocycles. The Morgan fingerprint density at radius 1 is 1.14 bits per heavy atom. The fourth-order valence-electron chi connectivity index (χ4n) is 3.39. The Morgan fingerprint density at radius 2 is 2.00 bits per heavy atom. The maximum absolute atomic E-state index is 12.7. The van der Waals surface area contributed by atoms with E-state index in [4.69, 9.17) is 9.47 Å². The van der Waals surface area contributed by atoms with Crippen molar-refractivity contribution in [2.24, 2.45) is 0 Å². The highest BCUT2D eigenvalue weighted by Crippen LogP contribution is 2.52. The Hall–Kier alpha value is -2.75. The number of rotatable bonds is 0. The molecule has 2 aromatic rings. The average molecular weight is 277 g/mol. The molecule has 0 aromatic heterocycles. The van der Waals surface area contributed by atoms with Gasteiger partial charge in [-0.05, 0) is 29.5 Å². The Labute approximate surface area is 121 Å². The zero-order valence-electron chi connectivity index (χ0n) is 11.1. The molecule has 3 aliphatic rings. The minimum Gasteiger partial charge on any atom is -0.454 e. The third-order valence-electron chi connectivity index (χ3n) is 4.27. The number of ketones is 1. The fourth-order valence-corrected chi connectivity index (χ4v) is 3.39. The minimum atomic E-state index is -0.343. The van der Waals surface area contributed by atoms with Crippen molar-refractivity contribution < 1.29 is 14.3 Å². The lowest BCUT2D eigenvalue weighted by atomic mass is 9.78. The molecule has 0 bridgehead atoms. The zero-order valence-corrected chi connectivity index (χ0v) is 11.1. The summed E-state index contributed by atoms with van der Waals surface area (Å²) in [5.41, 5.74) is 4.64. The topological polar surface area (TPSA) is 47.6 Å². The second kappa shape index (κ2) is 3.67. The summed E-state index contributed by atoms with van der Waals surface area (Å²) in [7, 11) is 0. The van der Waals surface area contributed by atoms with E-state index in [9.17, 15) is 4.79 Å². The Morgan fingerprint density at radius 3 is 2.90 bits per heavy atom. The number of benzene rings is 2. The Balaban J connectivity index is 1.96. The van der Waals surface area contributed by atoms with Crippen LogP contribution in [-0.4, -0.2) is 12.6 Å². The van der Waals surface area contributed by atoms with E-state index in [1.807, 2.05) is 42.6 Å². The lowest BCUT2D eigenvalue weighted by Gasteiger charge is -2.31. The molecule has 102 valence electrons. The van der Waals surface area contributed by atoms with Gasteiger partial charge in [0.2, 0.25) is 6.79 Å². The van der Waals surface area contributed by atoms with E-state index < -0.39 is 0 Å². The van der Waals surface area contributed by atoms with Crippen LogP contribution in [-0.2, 0) is 0 Å². The van der Waals surface area contributed by atoms with Crippen molar-refractivity contribution in [2.45, 2.75) is 6.04 Å². The van der Waals surface area contributed by atoms with Gasteiger partial charge in [-0.3, -0.25) is 4.79 Å². The molecule has 4 nitrogen and oxygen atoms in total. The highest BCUT2D eigenvalue weighted by molar-refractivity contribution is 6.12. The monoisotopic (exact) mass is 277 g/mol. The van der Waals surface area contributed by atoms with Gasteiger partial charge in [-0.25, -0.2) is 0 Å². The van der Waals surface area contributed by atoms with Crippen LogP contribution in [0.5, 0.6) is 11.5 Å². The first-order valence-corrected chi connectivity index (χ1v) is 6.87. The van der Waals surface area contributed by atoms with Gasteiger partial charge >= 0.3 is 0 Å². The maximum Gasteiger partial charge on any atom is 0.231 e. The molecule has 2 aromatic carbocycles. The molecule has 0 amide bonds. The molecule has 2 heterocycles. The third kappa shape index (κ3) is 1.27. The smallest absolute Gasteiger partial charge is 0.231 e. The minimum absolute atomic E-state index is 0.0996. The summed E-state index contributed by atoms with van der Waals surface area (Å²) < 4.78 is 11.2. The SMILES string of the molecule is O=C1c2ccccc2-c2c3c(cc4c2C1NC=C4)OCO3. The molecule has 0 fully saturated rings. The summed E-state index contributed by atoms with van der Waals surface area (Å²) in [5, 5.41) is 3.17. The first kappa shape index (κ1) is 11.0. The van der Waals surface area contributed by atoms with Gasteiger partial charge in [0.1, 0.15) is 6.04 Å². The average Bonchev–Trinajstić information content (AvgIpc) is 2.99. The number of fused-ring (bicyclic) bond motifs is 4. The number of nitrogens with one attached hydrogen (secondary N) is 1. The molecule has 0 radical (unpaired) electrons. The predicted molar refractivity (Wildman–Crippen MR) is 77.2 cm³/mol. The van der Waals surface area contributed by atoms with Gasteiger partial charge < -0.3 is 14.8 Å². The second-order valence-corrected chi connectivity index (χ2v) is 5.33. The quantitative estimate of drug-likeness (QED) is 0.804. The molecule has 1 N–H and O–H groups in total. The molecule has 0 saturated heterocycles. The van der Waals surface area contributed by atoms with Crippen LogP contribution in [0.1, 0.15) is 27.5 Å². The van der Waals surface area contributed by atoms with Crippen molar-refractivity contribution in [2.75, 3.05) is 6.79 Å². The van der Waals surface area contributed by atoms with E-state index in [2.05, 4.69) is 5.32 Å². The predicted octanol–water partition coefficient (Wildman–Crippen LogP) is 2.89. The molecule has 2 aliphatic heterocycles. The van der Waals surface area contributed by atoms with Gasteiger partial charge in [0.15, 0.2) is 17.3 Å². The first-order chi connectivity index (χ1) is 10.3. The van der Waals surface area contributed by atoms with Crippen molar-refractivity contribution in [3.05, 3.63) is 53.2 Å². The van der Waals surface area contributed by atoms with E-state index in [1.165, 1.54) is 0 Å². The molecule has 4 heteroatoms. The number of hydrogen-bond acceptors (Lipinski definition) is 4. The number of ether oxygens (including phenoxy) is 2. The summed E-state index contributed by atoms with van der Waals surface area (Å²) in [5.74, 6) is 1.59. The molecule has 0 saturated carbocycles. The van der Waals surface area contributed by atoms with Crippen LogP contribution in [0.2, 0.25) is 0 Å². The Kier molecular flexibility index (Phi) is 1.91. The fraction of sp³-hybridized carbons (Fsp3) is 0.118. The van der Waals surface area contributed by atoms with E-state index in [0.717, 1.165) is 39.3 Å². The largest absolute Gasteiger partial charge is 0.454 e. The Bertz CT molecular complexity index is 838. The van der Waals surface area contributed by atoms with Crippen LogP contribution in [0, 0.1) is 0 Å². The third-order valence-corrected chi connectivity index (χ3v) is 4.27. The normalized spacial score (nSPS) is 19.8. The lowest BCUT2D eigenvalue weighted by Crippen LogP contribution is -2.31. The van der Waals surface area contributed by atoms with Crippen molar-refractivity contribution in [3.63, 3.8) is 0 Å². The summed E-state index contributed by atoms with van der Waals surface area (Å²) in [4.78, 5) is 12.7.